The normalized spacial score (nSPS) is 12.8. The van der Waals surface area contributed by atoms with E-state index >= 15 is 0 Å². The third-order valence-corrected chi connectivity index (χ3v) is 5.25. The molecule has 3 nitrogen and oxygen atoms in total. The van der Waals surface area contributed by atoms with Gasteiger partial charge in [-0.05, 0) is 44.8 Å². The van der Waals surface area contributed by atoms with Crippen molar-refractivity contribution in [1.82, 2.24) is 0 Å². The fourth-order valence-corrected chi connectivity index (χ4v) is 3.18. The number of alkyl halides is 2. The summed E-state index contributed by atoms with van der Waals surface area (Å²) in [6, 6.07) is -0.263. The van der Waals surface area contributed by atoms with E-state index in [0.29, 0.717) is 8.26 Å². The van der Waals surface area contributed by atoms with Gasteiger partial charge in [0.2, 0.25) is 0 Å². The van der Waals surface area contributed by atoms with Crippen molar-refractivity contribution >= 4 is 61.6 Å². The van der Waals surface area contributed by atoms with Gasteiger partial charge < -0.3 is 10.5 Å². The van der Waals surface area contributed by atoms with Gasteiger partial charge >= 0.3 is 11.9 Å². The van der Waals surface area contributed by atoms with Crippen molar-refractivity contribution in [3.05, 3.63) is 19.2 Å². The number of nitrogens with two attached hydrogens (primary N) is 1. The molecule has 1 rings (SSSR count). The molecule has 0 radical (unpaired) electrons. The first-order valence-corrected chi connectivity index (χ1v) is 6.96. The van der Waals surface area contributed by atoms with E-state index in [2.05, 4.69) is 36.6 Å². The van der Waals surface area contributed by atoms with Crippen LogP contribution in [0.3, 0.4) is 0 Å². The molecule has 0 amide bonds. The molecule has 0 spiro atoms. The first-order valence-electron chi connectivity index (χ1n) is 4.56. The summed E-state index contributed by atoms with van der Waals surface area (Å²) in [7, 11) is 0. The fraction of sp³-hybridized carbons (Fsp3) is 0.444. The van der Waals surface area contributed by atoms with Gasteiger partial charge in [0.05, 0.1) is 10.4 Å². The molecule has 9 heteroatoms. The summed E-state index contributed by atoms with van der Waals surface area (Å²) in [6.45, 7) is 1.34. The number of esters is 1. The molecular weight excluding hydrogens is 419 g/mol. The number of thiophene rings is 1. The molecule has 18 heavy (non-hydrogen) atoms. The van der Waals surface area contributed by atoms with Crippen molar-refractivity contribution in [3.8, 4) is 0 Å². The van der Waals surface area contributed by atoms with E-state index in [1.54, 1.807) is 0 Å². The number of ether oxygens (including phenoxy) is 1. The van der Waals surface area contributed by atoms with Crippen LogP contribution in [0.4, 0.5) is 8.78 Å². The lowest BCUT2D eigenvalue weighted by atomic mass is 10.1. The molecule has 0 saturated heterocycles. The summed E-state index contributed by atoms with van der Waals surface area (Å²) in [4.78, 5) is 11.3. The Labute approximate surface area is 130 Å². The molecule has 0 aliphatic carbocycles. The van der Waals surface area contributed by atoms with E-state index in [0.717, 1.165) is 11.3 Å². The largest absolute Gasteiger partial charge is 0.462 e. The minimum atomic E-state index is -3.74. The number of rotatable bonds is 4. The molecule has 0 fully saturated rings. The molecule has 0 saturated carbocycles. The molecule has 0 aliphatic heterocycles. The van der Waals surface area contributed by atoms with E-state index < -0.39 is 17.9 Å². The van der Waals surface area contributed by atoms with Crippen molar-refractivity contribution in [2.24, 2.45) is 5.73 Å². The van der Waals surface area contributed by atoms with Crippen molar-refractivity contribution in [2.75, 3.05) is 6.61 Å². The van der Waals surface area contributed by atoms with Crippen molar-refractivity contribution in [1.29, 1.82) is 0 Å². The van der Waals surface area contributed by atoms with Gasteiger partial charge in [0.1, 0.15) is 6.04 Å². The van der Waals surface area contributed by atoms with Crippen LogP contribution in [-0.2, 0) is 9.53 Å². The summed E-state index contributed by atoms with van der Waals surface area (Å²) >= 11 is 7.38. The highest BCUT2D eigenvalue weighted by atomic mass is 79.9. The standard InChI is InChI=1S/C9H9Br2F2NO2S.ClH/c1-2-16-8(15)9(12,13)6(14)5-3-4(10)7(11)17-5;/h3,6H,2,14H2,1H3;1H/t6-;/m1./s1. The SMILES string of the molecule is CCOC(=O)C(F)(F)[C@H](N)c1cc(Br)c(Br)s1.Cl. The lowest BCUT2D eigenvalue weighted by molar-refractivity contribution is -0.174. The highest BCUT2D eigenvalue weighted by Gasteiger charge is 2.48. The van der Waals surface area contributed by atoms with Crippen LogP contribution in [0.5, 0.6) is 0 Å². The predicted molar refractivity (Wildman–Crippen MR) is 75.5 cm³/mol. The van der Waals surface area contributed by atoms with E-state index in [1.807, 2.05) is 0 Å². The molecule has 1 aromatic rings. The molecule has 1 aromatic heterocycles. The Morgan fingerprint density at radius 3 is 2.56 bits per heavy atom. The summed E-state index contributed by atoms with van der Waals surface area (Å²) in [6.07, 6.45) is 0. The summed E-state index contributed by atoms with van der Waals surface area (Å²) < 4.78 is 32.8. The maximum Gasteiger partial charge on any atom is 0.379 e. The Morgan fingerprint density at radius 1 is 1.61 bits per heavy atom. The van der Waals surface area contributed by atoms with E-state index in [1.165, 1.54) is 13.0 Å². The van der Waals surface area contributed by atoms with E-state index in [4.69, 9.17) is 5.73 Å². The Kier molecular flexibility index (Phi) is 7.23. The van der Waals surface area contributed by atoms with Gasteiger partial charge in [-0.1, -0.05) is 0 Å². The van der Waals surface area contributed by atoms with Crippen LogP contribution in [0.15, 0.2) is 14.3 Å². The number of carbonyl (C=O) groups excluding carboxylic acids is 1. The molecule has 0 unspecified atom stereocenters. The van der Waals surface area contributed by atoms with Crippen LogP contribution < -0.4 is 5.73 Å². The number of carbonyl (C=O) groups is 1. The van der Waals surface area contributed by atoms with Crippen LogP contribution in [0.1, 0.15) is 17.8 Å². The third-order valence-electron chi connectivity index (χ3n) is 1.91. The summed E-state index contributed by atoms with van der Waals surface area (Å²) in [5.41, 5.74) is 5.40. The highest BCUT2D eigenvalue weighted by molar-refractivity contribution is 9.13. The smallest absolute Gasteiger partial charge is 0.379 e. The van der Waals surface area contributed by atoms with Gasteiger partial charge in [0, 0.05) is 9.35 Å². The summed E-state index contributed by atoms with van der Waals surface area (Å²) in [5.74, 6) is -5.34. The van der Waals surface area contributed by atoms with Gasteiger partial charge in [-0.25, -0.2) is 4.79 Å². The Balaban J connectivity index is 0.00000289. The zero-order valence-electron chi connectivity index (χ0n) is 9.08. The average molecular weight is 430 g/mol. The monoisotopic (exact) mass is 427 g/mol. The molecule has 0 bridgehead atoms. The quantitative estimate of drug-likeness (QED) is 0.739. The first-order chi connectivity index (χ1) is 7.80. The zero-order chi connectivity index (χ0) is 13.2. The second-order valence-electron chi connectivity index (χ2n) is 3.09. The molecule has 1 heterocycles. The second-order valence-corrected chi connectivity index (χ2v) is 6.35. The number of hydrogen-bond acceptors (Lipinski definition) is 4. The third kappa shape index (κ3) is 3.86. The maximum atomic E-state index is 13.6. The topological polar surface area (TPSA) is 52.3 Å². The van der Waals surface area contributed by atoms with E-state index in [-0.39, 0.29) is 23.9 Å². The second kappa shape index (κ2) is 7.14. The van der Waals surface area contributed by atoms with Crippen LogP contribution in [0.2, 0.25) is 0 Å². The highest BCUT2D eigenvalue weighted by Crippen LogP contribution is 2.40. The van der Waals surface area contributed by atoms with Gasteiger partial charge in [0.25, 0.3) is 0 Å². The molecular formula is C9H10Br2ClF2NO2S. The molecule has 104 valence electrons. The van der Waals surface area contributed by atoms with Crippen molar-refractivity contribution in [3.63, 3.8) is 0 Å². The summed E-state index contributed by atoms with van der Waals surface area (Å²) in [5, 5.41) is 0. The molecule has 0 aliphatic rings. The maximum absolute atomic E-state index is 13.6. The number of hydrogen-bond donors (Lipinski definition) is 1. The number of halogens is 5. The Morgan fingerprint density at radius 2 is 2.17 bits per heavy atom. The van der Waals surface area contributed by atoms with E-state index in [9.17, 15) is 13.6 Å². The zero-order valence-corrected chi connectivity index (χ0v) is 13.9. The van der Waals surface area contributed by atoms with Gasteiger partial charge in [-0.3, -0.25) is 0 Å². The van der Waals surface area contributed by atoms with Crippen LogP contribution in [-0.4, -0.2) is 18.5 Å². The molecule has 0 aromatic carbocycles. The lowest BCUT2D eigenvalue weighted by Gasteiger charge is -2.20. The van der Waals surface area contributed by atoms with Crippen LogP contribution in [0.25, 0.3) is 0 Å². The van der Waals surface area contributed by atoms with Crippen molar-refractivity contribution < 1.29 is 18.3 Å². The lowest BCUT2D eigenvalue weighted by Crippen LogP contribution is -2.41. The van der Waals surface area contributed by atoms with Crippen LogP contribution >= 0.6 is 55.6 Å². The Bertz CT molecular complexity index is 411. The minimum Gasteiger partial charge on any atom is -0.462 e. The molecule has 1 atom stereocenters. The fourth-order valence-electron chi connectivity index (χ4n) is 1.05. The van der Waals surface area contributed by atoms with Gasteiger partial charge in [-0.15, -0.1) is 23.7 Å². The van der Waals surface area contributed by atoms with Gasteiger partial charge in [0.15, 0.2) is 0 Å². The van der Waals surface area contributed by atoms with Crippen molar-refractivity contribution in [2.45, 2.75) is 18.9 Å². The van der Waals surface area contributed by atoms with Gasteiger partial charge in [-0.2, -0.15) is 8.78 Å². The average Bonchev–Trinajstić information content (AvgIpc) is 2.58. The predicted octanol–water partition coefficient (Wildman–Crippen LogP) is 3.89. The first kappa shape index (κ1) is 18.2. The minimum absolute atomic E-state index is 0. The molecule has 2 N–H and O–H groups in total. The Hall–Kier alpha value is 0.240. The van der Waals surface area contributed by atoms with Crippen LogP contribution in [0, 0.1) is 0 Å².